The summed E-state index contributed by atoms with van der Waals surface area (Å²) < 4.78 is 46.9. The molecule has 0 radical (unpaired) electrons. The monoisotopic (exact) mass is 428 g/mol. The summed E-state index contributed by atoms with van der Waals surface area (Å²) in [5.74, 6) is -0.525. The number of methoxy groups -OCH3 is 1. The Morgan fingerprint density at radius 2 is 1.67 bits per heavy atom. The lowest BCUT2D eigenvalue weighted by molar-refractivity contribution is 0.102. The summed E-state index contributed by atoms with van der Waals surface area (Å²) in [5, 5.41) is 2.68. The third-order valence-electron chi connectivity index (χ3n) is 4.52. The van der Waals surface area contributed by atoms with Crippen LogP contribution >= 0.6 is 0 Å². The van der Waals surface area contributed by atoms with Crippen LogP contribution in [0, 0.1) is 19.7 Å². The van der Waals surface area contributed by atoms with Gasteiger partial charge in [-0.2, -0.15) is 0 Å². The Labute approximate surface area is 174 Å². The van der Waals surface area contributed by atoms with Crippen molar-refractivity contribution in [2.45, 2.75) is 18.7 Å². The number of carbonyl (C=O) groups excluding carboxylic acids is 1. The zero-order valence-electron chi connectivity index (χ0n) is 16.7. The second kappa shape index (κ2) is 8.54. The molecule has 0 unspecified atom stereocenters. The fourth-order valence-corrected chi connectivity index (χ4v) is 4.21. The van der Waals surface area contributed by atoms with Gasteiger partial charge in [-0.25, -0.2) is 12.8 Å². The average molecular weight is 428 g/mol. The third kappa shape index (κ3) is 4.60. The number of rotatable bonds is 6. The van der Waals surface area contributed by atoms with Crippen molar-refractivity contribution in [2.24, 2.45) is 0 Å². The summed E-state index contributed by atoms with van der Waals surface area (Å²) >= 11 is 0. The SMILES string of the molecule is COc1cc(C(=O)Nc2ccc(C)c(S(=O)(=O)Nc3ccccc3F)c2)ccc1C. The van der Waals surface area contributed by atoms with E-state index in [2.05, 4.69) is 10.0 Å². The van der Waals surface area contributed by atoms with Gasteiger partial charge in [0.1, 0.15) is 11.6 Å². The van der Waals surface area contributed by atoms with Crippen LogP contribution in [0.2, 0.25) is 0 Å². The van der Waals surface area contributed by atoms with Crippen molar-refractivity contribution >= 4 is 27.3 Å². The fraction of sp³-hybridized carbons (Fsp3) is 0.136. The molecule has 0 aliphatic carbocycles. The molecule has 0 fully saturated rings. The highest BCUT2D eigenvalue weighted by molar-refractivity contribution is 7.92. The largest absolute Gasteiger partial charge is 0.496 e. The molecule has 156 valence electrons. The molecule has 0 atom stereocenters. The quantitative estimate of drug-likeness (QED) is 0.605. The molecule has 0 saturated carbocycles. The van der Waals surface area contributed by atoms with E-state index in [1.54, 1.807) is 37.3 Å². The van der Waals surface area contributed by atoms with E-state index < -0.39 is 21.7 Å². The van der Waals surface area contributed by atoms with Crippen LogP contribution in [0.15, 0.2) is 65.6 Å². The van der Waals surface area contributed by atoms with Crippen LogP contribution in [0.25, 0.3) is 0 Å². The number of sulfonamides is 1. The fourth-order valence-electron chi connectivity index (χ4n) is 2.88. The number of para-hydroxylation sites is 1. The lowest BCUT2D eigenvalue weighted by Crippen LogP contribution is -2.17. The number of hydrogen-bond acceptors (Lipinski definition) is 4. The van der Waals surface area contributed by atoms with Gasteiger partial charge in [0.2, 0.25) is 0 Å². The van der Waals surface area contributed by atoms with Gasteiger partial charge in [0.05, 0.1) is 17.7 Å². The van der Waals surface area contributed by atoms with Gasteiger partial charge in [-0.15, -0.1) is 0 Å². The van der Waals surface area contributed by atoms with Crippen molar-refractivity contribution < 1.29 is 22.3 Å². The molecule has 3 aromatic rings. The van der Waals surface area contributed by atoms with Gasteiger partial charge in [0, 0.05) is 11.3 Å². The van der Waals surface area contributed by atoms with E-state index in [1.807, 2.05) is 6.92 Å². The molecule has 30 heavy (non-hydrogen) atoms. The average Bonchev–Trinajstić information content (AvgIpc) is 2.71. The molecule has 0 bridgehead atoms. The maximum absolute atomic E-state index is 13.9. The maximum Gasteiger partial charge on any atom is 0.262 e. The van der Waals surface area contributed by atoms with Gasteiger partial charge < -0.3 is 10.1 Å². The van der Waals surface area contributed by atoms with Gasteiger partial charge in [0.25, 0.3) is 15.9 Å². The van der Waals surface area contributed by atoms with Crippen molar-refractivity contribution in [3.63, 3.8) is 0 Å². The molecule has 2 N–H and O–H groups in total. The van der Waals surface area contributed by atoms with E-state index in [9.17, 15) is 17.6 Å². The Balaban J connectivity index is 1.88. The predicted octanol–water partition coefficient (Wildman–Crippen LogP) is 4.50. The van der Waals surface area contributed by atoms with Crippen LogP contribution in [0.3, 0.4) is 0 Å². The zero-order valence-corrected chi connectivity index (χ0v) is 17.5. The summed E-state index contributed by atoms with van der Waals surface area (Å²) in [6.45, 7) is 3.48. The molecule has 1 amide bonds. The normalized spacial score (nSPS) is 11.1. The summed E-state index contributed by atoms with van der Waals surface area (Å²) in [6, 6.07) is 15.0. The molecule has 3 rings (SSSR count). The van der Waals surface area contributed by atoms with E-state index in [-0.39, 0.29) is 10.6 Å². The smallest absolute Gasteiger partial charge is 0.262 e. The molecule has 0 aliphatic rings. The van der Waals surface area contributed by atoms with Crippen molar-refractivity contribution in [1.29, 1.82) is 0 Å². The van der Waals surface area contributed by atoms with Crippen LogP contribution < -0.4 is 14.8 Å². The number of halogens is 1. The van der Waals surface area contributed by atoms with Gasteiger partial charge >= 0.3 is 0 Å². The number of benzene rings is 3. The van der Waals surface area contributed by atoms with E-state index in [1.165, 1.54) is 31.4 Å². The van der Waals surface area contributed by atoms with Crippen LogP contribution in [0.5, 0.6) is 5.75 Å². The van der Waals surface area contributed by atoms with E-state index in [4.69, 9.17) is 4.74 Å². The number of ether oxygens (including phenoxy) is 1. The second-order valence-corrected chi connectivity index (χ2v) is 8.35. The number of anilines is 2. The lowest BCUT2D eigenvalue weighted by atomic mass is 10.1. The Morgan fingerprint density at radius 3 is 2.37 bits per heavy atom. The van der Waals surface area contributed by atoms with Crippen molar-refractivity contribution in [2.75, 3.05) is 17.1 Å². The maximum atomic E-state index is 13.9. The minimum atomic E-state index is -4.07. The van der Waals surface area contributed by atoms with Crippen molar-refractivity contribution in [1.82, 2.24) is 0 Å². The van der Waals surface area contributed by atoms with E-state index in [0.29, 0.717) is 22.6 Å². The third-order valence-corrected chi connectivity index (χ3v) is 6.03. The van der Waals surface area contributed by atoms with Crippen molar-refractivity contribution in [3.8, 4) is 5.75 Å². The van der Waals surface area contributed by atoms with Gasteiger partial charge in [-0.3, -0.25) is 9.52 Å². The molecule has 0 aromatic heterocycles. The zero-order chi connectivity index (χ0) is 21.9. The van der Waals surface area contributed by atoms with Crippen molar-refractivity contribution in [3.05, 3.63) is 83.2 Å². The highest BCUT2D eigenvalue weighted by atomic mass is 32.2. The number of aryl methyl sites for hydroxylation is 2. The first-order chi connectivity index (χ1) is 14.2. The minimum Gasteiger partial charge on any atom is -0.496 e. The molecular formula is C22H21FN2O4S. The van der Waals surface area contributed by atoms with Gasteiger partial charge in [0.15, 0.2) is 0 Å². The minimum absolute atomic E-state index is 0.0648. The first-order valence-corrected chi connectivity index (χ1v) is 10.5. The van der Waals surface area contributed by atoms with Gasteiger partial charge in [-0.1, -0.05) is 24.3 Å². The summed E-state index contributed by atoms with van der Waals surface area (Å²) in [6.07, 6.45) is 0. The first kappa shape index (κ1) is 21.3. The van der Waals surface area contributed by atoms with Gasteiger partial charge in [-0.05, 0) is 61.4 Å². The second-order valence-electron chi connectivity index (χ2n) is 6.70. The predicted molar refractivity (Wildman–Crippen MR) is 114 cm³/mol. The molecule has 3 aromatic carbocycles. The standard InChI is InChI=1S/C22H21FN2O4S/c1-14-8-10-16(12-20(14)29-3)22(26)24-17-11-9-15(2)21(13-17)30(27,28)25-19-7-5-4-6-18(19)23/h4-13,25H,1-3H3,(H,24,26). The summed E-state index contributed by atoms with van der Waals surface area (Å²) in [4.78, 5) is 12.5. The molecule has 0 heterocycles. The van der Waals surface area contributed by atoms with E-state index in [0.717, 1.165) is 11.6 Å². The number of nitrogens with one attached hydrogen (secondary N) is 2. The van der Waals surface area contributed by atoms with E-state index >= 15 is 0 Å². The topological polar surface area (TPSA) is 84.5 Å². The van der Waals surface area contributed by atoms with Crippen LogP contribution in [0.1, 0.15) is 21.5 Å². The molecule has 0 saturated heterocycles. The summed E-state index contributed by atoms with van der Waals surface area (Å²) in [7, 11) is -2.55. The first-order valence-electron chi connectivity index (χ1n) is 9.05. The number of amides is 1. The lowest BCUT2D eigenvalue weighted by Gasteiger charge is -2.13. The Kier molecular flexibility index (Phi) is 6.07. The molecule has 0 aliphatic heterocycles. The molecule has 6 nitrogen and oxygen atoms in total. The Morgan fingerprint density at radius 1 is 0.967 bits per heavy atom. The molecular weight excluding hydrogens is 407 g/mol. The number of hydrogen-bond donors (Lipinski definition) is 2. The summed E-state index contributed by atoms with van der Waals surface area (Å²) in [5.41, 5.74) is 1.84. The highest BCUT2D eigenvalue weighted by Gasteiger charge is 2.20. The molecule has 0 spiro atoms. The Hall–Kier alpha value is -3.39. The van der Waals surface area contributed by atoms with Crippen LogP contribution in [0.4, 0.5) is 15.8 Å². The number of carbonyl (C=O) groups is 1. The Bertz CT molecular complexity index is 1210. The van der Waals surface area contributed by atoms with Crippen LogP contribution in [-0.4, -0.2) is 21.4 Å². The molecule has 8 heteroatoms. The van der Waals surface area contributed by atoms with Crippen LogP contribution in [-0.2, 0) is 10.0 Å². The highest BCUT2D eigenvalue weighted by Crippen LogP contribution is 2.25.